The predicted octanol–water partition coefficient (Wildman–Crippen LogP) is 1.74. The van der Waals surface area contributed by atoms with Crippen LogP contribution in [-0.4, -0.2) is 21.7 Å². The molecule has 0 heterocycles. The summed E-state index contributed by atoms with van der Waals surface area (Å²) < 4.78 is 18.1. The Morgan fingerprint density at radius 3 is 2.38 bits per heavy atom. The molecule has 0 saturated heterocycles. The number of halogens is 1. The van der Waals surface area contributed by atoms with Crippen LogP contribution in [0.15, 0.2) is 42.5 Å². The SMILES string of the molecule is CC(Cc1ccc(O)c(O)c1)(NN)C(=O)OCc1ccc(F)cc1. The molecule has 1 unspecified atom stereocenters. The number of nitrogens with one attached hydrogen (secondary N) is 1. The molecule has 0 aliphatic heterocycles. The maximum atomic E-state index is 12.9. The second kappa shape index (κ2) is 7.29. The first-order chi connectivity index (χ1) is 11.3. The van der Waals surface area contributed by atoms with Crippen LogP contribution >= 0.6 is 0 Å². The van der Waals surface area contributed by atoms with Crippen molar-refractivity contribution in [1.82, 2.24) is 5.43 Å². The molecule has 0 bridgehead atoms. The monoisotopic (exact) mass is 334 g/mol. The van der Waals surface area contributed by atoms with Crippen LogP contribution in [0, 0.1) is 5.82 Å². The number of nitrogens with two attached hydrogens (primary N) is 1. The van der Waals surface area contributed by atoms with E-state index in [0.29, 0.717) is 11.1 Å². The second-order valence-corrected chi connectivity index (χ2v) is 5.68. The van der Waals surface area contributed by atoms with Gasteiger partial charge < -0.3 is 14.9 Å². The molecule has 2 aromatic carbocycles. The standard InChI is InChI=1S/C17H19FN2O4/c1-17(20-19,9-12-4-7-14(21)15(22)8-12)16(23)24-10-11-2-5-13(18)6-3-11/h2-8,20-22H,9-10,19H2,1H3. The van der Waals surface area contributed by atoms with Gasteiger partial charge in [0.15, 0.2) is 11.5 Å². The van der Waals surface area contributed by atoms with Gasteiger partial charge in [0.2, 0.25) is 0 Å². The summed E-state index contributed by atoms with van der Waals surface area (Å²) >= 11 is 0. The summed E-state index contributed by atoms with van der Waals surface area (Å²) in [5, 5.41) is 18.9. The quantitative estimate of drug-likeness (QED) is 0.278. The van der Waals surface area contributed by atoms with E-state index in [2.05, 4.69) is 5.43 Å². The zero-order valence-electron chi connectivity index (χ0n) is 13.1. The van der Waals surface area contributed by atoms with Crippen molar-refractivity contribution in [2.24, 2.45) is 5.84 Å². The van der Waals surface area contributed by atoms with Crippen LogP contribution in [0.25, 0.3) is 0 Å². The van der Waals surface area contributed by atoms with Gasteiger partial charge in [0.25, 0.3) is 0 Å². The average Bonchev–Trinajstić information content (AvgIpc) is 2.57. The van der Waals surface area contributed by atoms with Gasteiger partial charge in [-0.25, -0.2) is 14.6 Å². The molecule has 2 rings (SSSR count). The number of aromatic hydroxyl groups is 2. The zero-order chi connectivity index (χ0) is 17.7. The highest BCUT2D eigenvalue weighted by Crippen LogP contribution is 2.27. The lowest BCUT2D eigenvalue weighted by Gasteiger charge is -2.26. The van der Waals surface area contributed by atoms with Crippen molar-refractivity contribution < 1.29 is 24.1 Å². The Morgan fingerprint density at radius 2 is 1.79 bits per heavy atom. The summed E-state index contributed by atoms with van der Waals surface area (Å²) in [4.78, 5) is 12.3. The van der Waals surface area contributed by atoms with E-state index >= 15 is 0 Å². The van der Waals surface area contributed by atoms with Crippen LogP contribution < -0.4 is 11.3 Å². The van der Waals surface area contributed by atoms with Crippen LogP contribution in [0.1, 0.15) is 18.1 Å². The summed E-state index contributed by atoms with van der Waals surface area (Å²) in [5.41, 5.74) is 2.43. The van der Waals surface area contributed by atoms with Gasteiger partial charge in [-0.2, -0.15) is 0 Å². The molecule has 0 spiro atoms. The first kappa shape index (κ1) is 17.7. The molecule has 0 aliphatic rings. The molecule has 0 radical (unpaired) electrons. The van der Waals surface area contributed by atoms with E-state index in [-0.39, 0.29) is 30.3 Å². The fraction of sp³-hybridized carbons (Fsp3) is 0.235. The summed E-state index contributed by atoms with van der Waals surface area (Å²) in [5.74, 6) is 4.00. The third-order valence-electron chi connectivity index (χ3n) is 3.65. The molecule has 128 valence electrons. The number of ether oxygens (including phenoxy) is 1. The maximum absolute atomic E-state index is 12.9. The van der Waals surface area contributed by atoms with E-state index in [0.717, 1.165) is 0 Å². The topological polar surface area (TPSA) is 105 Å². The first-order valence-corrected chi connectivity index (χ1v) is 7.24. The molecule has 7 heteroatoms. The lowest BCUT2D eigenvalue weighted by Crippen LogP contribution is -2.55. The van der Waals surface area contributed by atoms with Crippen LogP contribution in [0.3, 0.4) is 0 Å². The minimum Gasteiger partial charge on any atom is -0.504 e. The van der Waals surface area contributed by atoms with Gasteiger partial charge in [-0.05, 0) is 42.3 Å². The van der Waals surface area contributed by atoms with E-state index in [1.54, 1.807) is 13.0 Å². The van der Waals surface area contributed by atoms with Crippen molar-refractivity contribution in [3.05, 3.63) is 59.4 Å². The van der Waals surface area contributed by atoms with E-state index in [1.807, 2.05) is 0 Å². The molecule has 0 saturated carbocycles. The maximum Gasteiger partial charge on any atom is 0.328 e. The normalized spacial score (nSPS) is 13.3. The number of phenolic OH excluding ortho intramolecular Hbond substituents is 2. The summed E-state index contributed by atoms with van der Waals surface area (Å²) in [7, 11) is 0. The largest absolute Gasteiger partial charge is 0.504 e. The Kier molecular flexibility index (Phi) is 5.38. The number of hydrazine groups is 1. The number of hydrogen-bond donors (Lipinski definition) is 4. The molecule has 2 aromatic rings. The smallest absolute Gasteiger partial charge is 0.328 e. The van der Waals surface area contributed by atoms with Gasteiger partial charge in [0.05, 0.1) is 0 Å². The predicted molar refractivity (Wildman–Crippen MR) is 85.4 cm³/mol. The van der Waals surface area contributed by atoms with Gasteiger partial charge >= 0.3 is 5.97 Å². The third-order valence-corrected chi connectivity index (χ3v) is 3.65. The summed E-state index contributed by atoms with van der Waals surface area (Å²) in [6.45, 7) is 1.54. The van der Waals surface area contributed by atoms with Crippen LogP contribution in [0.5, 0.6) is 11.5 Å². The Balaban J connectivity index is 2.05. The molecule has 6 nitrogen and oxygen atoms in total. The lowest BCUT2D eigenvalue weighted by atomic mass is 9.93. The van der Waals surface area contributed by atoms with Crippen molar-refractivity contribution >= 4 is 5.97 Å². The molecular weight excluding hydrogens is 315 g/mol. The number of esters is 1. The van der Waals surface area contributed by atoms with Gasteiger partial charge in [-0.15, -0.1) is 0 Å². The third kappa shape index (κ3) is 4.21. The number of benzene rings is 2. The summed E-state index contributed by atoms with van der Waals surface area (Å²) in [6, 6.07) is 9.84. The zero-order valence-corrected chi connectivity index (χ0v) is 13.1. The molecule has 0 fully saturated rings. The van der Waals surface area contributed by atoms with Gasteiger partial charge in [0, 0.05) is 6.42 Å². The van der Waals surface area contributed by atoms with Crippen molar-refractivity contribution in [1.29, 1.82) is 0 Å². The van der Waals surface area contributed by atoms with E-state index in [4.69, 9.17) is 10.6 Å². The van der Waals surface area contributed by atoms with E-state index in [9.17, 15) is 19.4 Å². The van der Waals surface area contributed by atoms with Crippen LogP contribution in [0.4, 0.5) is 4.39 Å². The van der Waals surface area contributed by atoms with Crippen molar-refractivity contribution in [3.8, 4) is 11.5 Å². The number of rotatable bonds is 6. The minimum absolute atomic E-state index is 0.0167. The van der Waals surface area contributed by atoms with E-state index < -0.39 is 11.5 Å². The van der Waals surface area contributed by atoms with Crippen molar-refractivity contribution in [3.63, 3.8) is 0 Å². The molecular formula is C17H19FN2O4. The molecule has 24 heavy (non-hydrogen) atoms. The number of phenols is 2. The van der Waals surface area contributed by atoms with Crippen molar-refractivity contribution in [2.75, 3.05) is 0 Å². The van der Waals surface area contributed by atoms with Gasteiger partial charge in [0.1, 0.15) is 18.0 Å². The number of hydrogen-bond acceptors (Lipinski definition) is 6. The molecule has 0 aliphatic carbocycles. The highest BCUT2D eigenvalue weighted by Gasteiger charge is 2.34. The Morgan fingerprint density at radius 1 is 1.17 bits per heavy atom. The van der Waals surface area contributed by atoms with Gasteiger partial charge in [-0.1, -0.05) is 18.2 Å². The minimum atomic E-state index is -1.23. The fourth-order valence-electron chi connectivity index (χ4n) is 2.16. The number of carbonyl (C=O) groups is 1. The average molecular weight is 334 g/mol. The molecule has 1 atom stereocenters. The van der Waals surface area contributed by atoms with E-state index in [1.165, 1.54) is 36.4 Å². The summed E-state index contributed by atoms with van der Waals surface area (Å²) in [6.07, 6.45) is 0.138. The van der Waals surface area contributed by atoms with Crippen LogP contribution in [-0.2, 0) is 22.6 Å². The fourth-order valence-corrected chi connectivity index (χ4v) is 2.16. The Labute approximate surface area is 138 Å². The first-order valence-electron chi connectivity index (χ1n) is 7.24. The Hall–Kier alpha value is -2.64. The second-order valence-electron chi connectivity index (χ2n) is 5.68. The van der Waals surface area contributed by atoms with Gasteiger partial charge in [-0.3, -0.25) is 5.84 Å². The number of carbonyl (C=O) groups excluding carboxylic acids is 1. The highest BCUT2D eigenvalue weighted by molar-refractivity contribution is 5.80. The lowest BCUT2D eigenvalue weighted by molar-refractivity contribution is -0.152. The molecule has 5 N–H and O–H groups in total. The molecule has 0 amide bonds. The highest BCUT2D eigenvalue weighted by atomic mass is 19.1. The molecule has 0 aromatic heterocycles. The van der Waals surface area contributed by atoms with Crippen LogP contribution in [0.2, 0.25) is 0 Å². The van der Waals surface area contributed by atoms with Crippen molar-refractivity contribution in [2.45, 2.75) is 25.5 Å². The Bertz CT molecular complexity index is 721.